The normalized spacial score (nSPS) is 22.5. The van der Waals surface area contributed by atoms with E-state index in [2.05, 4.69) is 17.2 Å². The molecule has 0 bridgehead atoms. The minimum atomic E-state index is -0.436. The number of nitrogens with zero attached hydrogens (tertiary/aromatic N) is 1. The van der Waals surface area contributed by atoms with Gasteiger partial charge in [0.2, 0.25) is 0 Å². The molecule has 1 aliphatic rings. The summed E-state index contributed by atoms with van der Waals surface area (Å²) in [7, 11) is 0. The van der Waals surface area contributed by atoms with Gasteiger partial charge >= 0.3 is 5.69 Å². The molecule has 0 aromatic carbocycles. The van der Waals surface area contributed by atoms with Gasteiger partial charge in [0, 0.05) is 12.6 Å². The number of H-pyrrole nitrogens is 1. The van der Waals surface area contributed by atoms with Gasteiger partial charge in [-0.3, -0.25) is 14.3 Å². The van der Waals surface area contributed by atoms with Crippen molar-refractivity contribution in [3.63, 3.8) is 0 Å². The van der Waals surface area contributed by atoms with Crippen LogP contribution >= 0.6 is 0 Å². The first-order valence-corrected chi connectivity index (χ1v) is 7.77. The summed E-state index contributed by atoms with van der Waals surface area (Å²) < 4.78 is 1.44. The van der Waals surface area contributed by atoms with Crippen LogP contribution in [0.1, 0.15) is 46.5 Å². The smallest absolute Gasteiger partial charge is 0.330 e. The van der Waals surface area contributed by atoms with Crippen LogP contribution in [0.4, 0.5) is 11.5 Å². The van der Waals surface area contributed by atoms with Crippen molar-refractivity contribution in [1.82, 2.24) is 9.55 Å². The topological polar surface area (TPSA) is 92.9 Å². The molecule has 118 valence electrons. The van der Waals surface area contributed by atoms with Crippen molar-refractivity contribution in [1.29, 1.82) is 0 Å². The number of aromatic nitrogens is 2. The Bertz CT molecular complexity index is 595. The lowest BCUT2D eigenvalue weighted by Gasteiger charge is -2.28. The van der Waals surface area contributed by atoms with E-state index in [-0.39, 0.29) is 17.8 Å². The van der Waals surface area contributed by atoms with E-state index in [1.807, 2.05) is 13.8 Å². The molecule has 21 heavy (non-hydrogen) atoms. The van der Waals surface area contributed by atoms with Gasteiger partial charge in [0.15, 0.2) is 0 Å². The van der Waals surface area contributed by atoms with Gasteiger partial charge in [0.05, 0.1) is 0 Å². The van der Waals surface area contributed by atoms with Crippen molar-refractivity contribution in [2.24, 2.45) is 11.8 Å². The highest BCUT2D eigenvalue weighted by atomic mass is 16.2. The molecule has 0 radical (unpaired) electrons. The van der Waals surface area contributed by atoms with Gasteiger partial charge < -0.3 is 11.1 Å². The van der Waals surface area contributed by atoms with Gasteiger partial charge in [-0.05, 0) is 37.5 Å². The molecule has 0 spiro atoms. The van der Waals surface area contributed by atoms with Gasteiger partial charge in [-0.1, -0.05) is 20.8 Å². The van der Waals surface area contributed by atoms with Crippen LogP contribution in [0.2, 0.25) is 0 Å². The Hall–Kier alpha value is -1.72. The molecule has 0 saturated heterocycles. The van der Waals surface area contributed by atoms with Crippen molar-refractivity contribution in [3.8, 4) is 0 Å². The second kappa shape index (κ2) is 6.37. The summed E-state index contributed by atoms with van der Waals surface area (Å²) >= 11 is 0. The average molecular weight is 294 g/mol. The molecule has 1 saturated carbocycles. The third-order valence-electron chi connectivity index (χ3n) is 4.15. The zero-order valence-corrected chi connectivity index (χ0v) is 13.1. The molecule has 0 amide bonds. The first kappa shape index (κ1) is 15.7. The van der Waals surface area contributed by atoms with Gasteiger partial charge in [0.1, 0.15) is 11.5 Å². The summed E-state index contributed by atoms with van der Waals surface area (Å²) in [6.45, 7) is 6.76. The van der Waals surface area contributed by atoms with Crippen molar-refractivity contribution in [3.05, 3.63) is 20.8 Å². The van der Waals surface area contributed by atoms with Crippen LogP contribution in [0.15, 0.2) is 9.59 Å². The molecule has 6 nitrogen and oxygen atoms in total. The molecule has 2 rings (SSSR count). The highest BCUT2D eigenvalue weighted by Gasteiger charge is 2.21. The van der Waals surface area contributed by atoms with Crippen molar-refractivity contribution in [2.75, 3.05) is 11.1 Å². The van der Waals surface area contributed by atoms with E-state index >= 15 is 0 Å². The maximum Gasteiger partial charge on any atom is 0.330 e. The van der Waals surface area contributed by atoms with Crippen LogP contribution in [-0.2, 0) is 6.54 Å². The number of nitrogens with one attached hydrogen (secondary N) is 2. The van der Waals surface area contributed by atoms with Crippen molar-refractivity contribution in [2.45, 2.75) is 59.0 Å². The number of aromatic amines is 1. The largest absolute Gasteiger partial charge is 0.383 e. The zero-order chi connectivity index (χ0) is 15.6. The average Bonchev–Trinajstić information content (AvgIpc) is 2.41. The number of anilines is 2. The standard InChI is InChI=1S/C15H26N4O2/c1-9(2)8-19-13(16)12(14(20)18-15(19)21)17-11-6-4-10(3)5-7-11/h9-11,17H,4-8,16H2,1-3H3,(H,18,20,21). The van der Waals surface area contributed by atoms with E-state index in [0.717, 1.165) is 31.6 Å². The molecule has 1 fully saturated rings. The summed E-state index contributed by atoms with van der Waals surface area (Å²) in [4.78, 5) is 26.3. The summed E-state index contributed by atoms with van der Waals surface area (Å²) in [6, 6.07) is 0.259. The minimum absolute atomic E-state index is 0.246. The Kier molecular flexibility index (Phi) is 4.75. The molecule has 6 heteroatoms. The van der Waals surface area contributed by atoms with Crippen molar-refractivity contribution < 1.29 is 0 Å². The van der Waals surface area contributed by atoms with Crippen LogP contribution in [0.3, 0.4) is 0 Å². The van der Waals surface area contributed by atoms with Crippen LogP contribution in [0.25, 0.3) is 0 Å². The van der Waals surface area contributed by atoms with Gasteiger partial charge in [-0.25, -0.2) is 4.79 Å². The summed E-state index contributed by atoms with van der Waals surface area (Å²) in [6.07, 6.45) is 4.37. The maximum absolute atomic E-state index is 12.0. The number of hydrogen-bond donors (Lipinski definition) is 3. The Morgan fingerprint density at radius 2 is 1.90 bits per heavy atom. The van der Waals surface area contributed by atoms with Crippen LogP contribution in [0, 0.1) is 11.8 Å². The fourth-order valence-electron chi connectivity index (χ4n) is 2.88. The fourth-order valence-corrected chi connectivity index (χ4v) is 2.88. The molecule has 1 heterocycles. The zero-order valence-electron chi connectivity index (χ0n) is 13.1. The van der Waals surface area contributed by atoms with E-state index in [9.17, 15) is 9.59 Å². The van der Waals surface area contributed by atoms with E-state index < -0.39 is 11.2 Å². The Morgan fingerprint density at radius 3 is 2.48 bits per heavy atom. The highest BCUT2D eigenvalue weighted by molar-refractivity contribution is 5.60. The lowest BCUT2D eigenvalue weighted by molar-refractivity contribution is 0.361. The van der Waals surface area contributed by atoms with E-state index in [1.54, 1.807) is 0 Å². The monoisotopic (exact) mass is 294 g/mol. The van der Waals surface area contributed by atoms with E-state index in [1.165, 1.54) is 4.57 Å². The predicted octanol–water partition coefficient (Wildman–Crippen LogP) is 1.77. The SMILES string of the molecule is CC(C)Cn1c(N)c(NC2CCC(C)CC2)c(=O)[nH]c1=O. The molecule has 1 aromatic heterocycles. The molecule has 1 aromatic rings. The molecule has 0 unspecified atom stereocenters. The molecule has 0 atom stereocenters. The first-order chi connectivity index (χ1) is 9.88. The lowest BCUT2D eigenvalue weighted by atomic mass is 9.87. The van der Waals surface area contributed by atoms with Crippen molar-refractivity contribution >= 4 is 11.5 Å². The summed E-state index contributed by atoms with van der Waals surface area (Å²) in [5.41, 5.74) is 5.54. The fraction of sp³-hybridized carbons (Fsp3) is 0.733. The maximum atomic E-state index is 12.0. The van der Waals surface area contributed by atoms with Gasteiger partial charge in [-0.15, -0.1) is 0 Å². The van der Waals surface area contributed by atoms with Crippen LogP contribution < -0.4 is 22.3 Å². The Balaban J connectivity index is 2.26. The number of hydrogen-bond acceptors (Lipinski definition) is 4. The van der Waals surface area contributed by atoms with Crippen LogP contribution in [-0.4, -0.2) is 15.6 Å². The second-order valence-corrected chi connectivity index (χ2v) is 6.63. The second-order valence-electron chi connectivity index (χ2n) is 6.63. The third kappa shape index (κ3) is 3.68. The molecular formula is C15H26N4O2. The number of rotatable bonds is 4. The molecule has 4 N–H and O–H groups in total. The van der Waals surface area contributed by atoms with Gasteiger partial charge in [-0.2, -0.15) is 0 Å². The Morgan fingerprint density at radius 1 is 1.29 bits per heavy atom. The summed E-state index contributed by atoms with van der Waals surface area (Å²) in [5, 5.41) is 3.25. The predicted molar refractivity (Wildman–Crippen MR) is 85.6 cm³/mol. The van der Waals surface area contributed by atoms with Gasteiger partial charge in [0.25, 0.3) is 5.56 Å². The lowest BCUT2D eigenvalue weighted by Crippen LogP contribution is -2.37. The molecule has 1 aliphatic carbocycles. The van der Waals surface area contributed by atoms with E-state index in [0.29, 0.717) is 12.2 Å². The molecule has 0 aliphatic heterocycles. The quantitative estimate of drug-likeness (QED) is 0.789. The van der Waals surface area contributed by atoms with E-state index in [4.69, 9.17) is 5.73 Å². The minimum Gasteiger partial charge on any atom is -0.383 e. The Labute approximate surface area is 124 Å². The first-order valence-electron chi connectivity index (χ1n) is 7.77. The molecular weight excluding hydrogens is 268 g/mol. The number of nitrogens with two attached hydrogens (primary N) is 1. The summed E-state index contributed by atoms with van der Waals surface area (Å²) in [5.74, 6) is 1.27. The number of nitrogen functional groups attached to an aromatic ring is 1. The highest BCUT2D eigenvalue weighted by Crippen LogP contribution is 2.26. The third-order valence-corrected chi connectivity index (χ3v) is 4.15. The van der Waals surface area contributed by atoms with Crippen LogP contribution in [0.5, 0.6) is 0 Å².